The highest BCUT2D eigenvalue weighted by molar-refractivity contribution is 6.04. The molecular weight excluding hydrogens is 467 g/mol. The van der Waals surface area contributed by atoms with Gasteiger partial charge in [-0.05, 0) is 64.7 Å². The van der Waals surface area contributed by atoms with Crippen molar-refractivity contribution in [3.05, 3.63) is 40.0 Å². The number of carbonyl (C=O) groups is 2. The van der Waals surface area contributed by atoms with Gasteiger partial charge in [-0.2, -0.15) is 4.39 Å². The maximum atomic E-state index is 16.1. The van der Waals surface area contributed by atoms with Crippen LogP contribution in [0.5, 0.6) is 11.5 Å². The van der Waals surface area contributed by atoms with Gasteiger partial charge in [-0.15, -0.1) is 0 Å². The van der Waals surface area contributed by atoms with E-state index >= 15 is 4.39 Å². The van der Waals surface area contributed by atoms with Gasteiger partial charge in [0.05, 0.1) is 20.1 Å². The number of rotatable bonds is 5. The van der Waals surface area contributed by atoms with Crippen LogP contribution in [0, 0.1) is 19.7 Å². The van der Waals surface area contributed by atoms with Gasteiger partial charge in [0.15, 0.2) is 11.5 Å². The Balaban J connectivity index is 2.22. The third-order valence-corrected chi connectivity index (χ3v) is 6.45. The number of carbonyl (C=O) groups excluding carboxylic acids is 1. The van der Waals surface area contributed by atoms with E-state index < -0.39 is 23.4 Å². The number of fused-ring (bicyclic) bond motifs is 2. The van der Waals surface area contributed by atoms with E-state index in [-0.39, 0.29) is 23.6 Å². The Kier molecular flexibility index (Phi) is 6.45. The topological polar surface area (TPSA) is 99.9 Å². The molecule has 1 aliphatic rings. The third-order valence-electron chi connectivity index (χ3n) is 6.45. The molecule has 1 aliphatic heterocycles. The molecule has 2 aromatic heterocycles. The molecular formula is C27H31FN2O6. The van der Waals surface area contributed by atoms with Gasteiger partial charge in [0, 0.05) is 34.8 Å². The second-order valence-electron chi connectivity index (χ2n) is 10.1. The van der Waals surface area contributed by atoms with Crippen LogP contribution in [0.15, 0.2) is 6.07 Å². The lowest BCUT2D eigenvalue weighted by atomic mass is 9.86. The lowest BCUT2D eigenvalue weighted by Crippen LogP contribution is -2.25. The molecule has 192 valence electrons. The minimum Gasteiger partial charge on any atom is -0.490 e. The number of esters is 1. The average molecular weight is 499 g/mol. The zero-order valence-electron chi connectivity index (χ0n) is 21.7. The molecule has 1 N–H and O–H groups in total. The summed E-state index contributed by atoms with van der Waals surface area (Å²) in [6.45, 7) is 9.48. The molecule has 0 saturated heterocycles. The molecule has 1 aromatic carbocycles. The summed E-state index contributed by atoms with van der Waals surface area (Å²) in [5.41, 5.74) is 3.16. The van der Waals surface area contributed by atoms with Crippen LogP contribution in [0.3, 0.4) is 0 Å². The SMILES string of the molecule is COC(=O)Cc1c(C)nc2c(cc(C(=O)O)n2C)c1-c1c(C)c2c(c(F)c1OC(C)(C)C)OCCC2. The summed E-state index contributed by atoms with van der Waals surface area (Å²) >= 11 is 0. The summed E-state index contributed by atoms with van der Waals surface area (Å²) in [5.74, 6) is -2.05. The minimum atomic E-state index is -1.12. The maximum Gasteiger partial charge on any atom is 0.352 e. The number of aromatic carboxylic acids is 1. The average Bonchev–Trinajstić information content (AvgIpc) is 3.14. The van der Waals surface area contributed by atoms with Crippen LogP contribution in [-0.4, -0.2) is 45.9 Å². The predicted molar refractivity (Wildman–Crippen MR) is 132 cm³/mol. The quantitative estimate of drug-likeness (QED) is 0.499. The molecule has 0 amide bonds. The van der Waals surface area contributed by atoms with Crippen LogP contribution in [0.2, 0.25) is 0 Å². The fraction of sp³-hybridized carbons (Fsp3) is 0.444. The first-order valence-electron chi connectivity index (χ1n) is 11.8. The Hall–Kier alpha value is -3.62. The number of methoxy groups -OCH3 is 1. The van der Waals surface area contributed by atoms with Crippen LogP contribution in [-0.2, 0) is 29.4 Å². The van der Waals surface area contributed by atoms with Gasteiger partial charge in [-0.3, -0.25) is 4.79 Å². The number of ether oxygens (including phenoxy) is 3. The fourth-order valence-corrected chi connectivity index (χ4v) is 4.82. The van der Waals surface area contributed by atoms with E-state index in [9.17, 15) is 14.7 Å². The first-order chi connectivity index (χ1) is 16.9. The van der Waals surface area contributed by atoms with Gasteiger partial charge in [0.25, 0.3) is 0 Å². The number of benzene rings is 1. The van der Waals surface area contributed by atoms with Crippen molar-refractivity contribution in [2.45, 2.75) is 59.5 Å². The van der Waals surface area contributed by atoms with Crippen molar-refractivity contribution in [1.82, 2.24) is 9.55 Å². The zero-order valence-corrected chi connectivity index (χ0v) is 21.7. The fourth-order valence-electron chi connectivity index (χ4n) is 4.82. The van der Waals surface area contributed by atoms with Crippen LogP contribution in [0.1, 0.15) is 60.1 Å². The Morgan fingerprint density at radius 2 is 1.94 bits per heavy atom. The Morgan fingerprint density at radius 3 is 2.56 bits per heavy atom. The van der Waals surface area contributed by atoms with Gasteiger partial charge >= 0.3 is 11.9 Å². The smallest absolute Gasteiger partial charge is 0.352 e. The van der Waals surface area contributed by atoms with E-state index in [1.54, 1.807) is 14.0 Å². The zero-order chi connectivity index (χ0) is 26.5. The van der Waals surface area contributed by atoms with E-state index in [0.717, 1.165) is 17.5 Å². The number of nitrogens with zero attached hydrogens (tertiary/aromatic N) is 2. The van der Waals surface area contributed by atoms with Crippen molar-refractivity contribution >= 4 is 23.0 Å². The van der Waals surface area contributed by atoms with E-state index in [4.69, 9.17) is 14.2 Å². The van der Waals surface area contributed by atoms with E-state index in [2.05, 4.69) is 4.98 Å². The molecule has 0 radical (unpaired) electrons. The van der Waals surface area contributed by atoms with E-state index in [1.807, 2.05) is 27.7 Å². The monoisotopic (exact) mass is 498 g/mol. The van der Waals surface area contributed by atoms with Crippen LogP contribution >= 0.6 is 0 Å². The van der Waals surface area contributed by atoms with Crippen molar-refractivity contribution in [3.8, 4) is 22.6 Å². The molecule has 0 spiro atoms. The number of aromatic nitrogens is 2. The van der Waals surface area contributed by atoms with Gasteiger partial charge < -0.3 is 23.9 Å². The summed E-state index contributed by atoms with van der Waals surface area (Å²) in [6, 6.07) is 1.51. The molecule has 4 rings (SSSR count). The largest absolute Gasteiger partial charge is 0.490 e. The van der Waals surface area contributed by atoms with Gasteiger partial charge in [0.2, 0.25) is 5.82 Å². The minimum absolute atomic E-state index is 0.000561. The molecule has 0 unspecified atom stereocenters. The molecule has 9 heteroatoms. The normalized spacial score (nSPS) is 13.3. The highest BCUT2D eigenvalue weighted by Crippen LogP contribution is 2.49. The number of pyridine rings is 1. The predicted octanol–water partition coefficient (Wildman–Crippen LogP) is 4.91. The van der Waals surface area contributed by atoms with Crippen LogP contribution in [0.25, 0.3) is 22.2 Å². The molecule has 3 aromatic rings. The summed E-state index contributed by atoms with van der Waals surface area (Å²) in [5, 5.41) is 10.3. The standard InChI is InChI=1S/C27H31FN2O6/c1-13-15-9-8-10-35-23(15)22(28)24(36-27(3,4)5)20(13)21-16(12-19(31)34-7)14(2)29-25-17(21)11-18(26(32)33)30(25)6/h11H,8-10,12H2,1-7H3,(H,32,33). The van der Waals surface area contributed by atoms with Gasteiger partial charge in [-0.25, -0.2) is 9.78 Å². The number of carboxylic acid groups (broad SMARTS) is 1. The van der Waals surface area contributed by atoms with Crippen molar-refractivity contribution in [2.24, 2.45) is 7.05 Å². The first kappa shape index (κ1) is 25.5. The Bertz CT molecular complexity index is 1400. The van der Waals surface area contributed by atoms with Crippen molar-refractivity contribution < 1.29 is 33.3 Å². The van der Waals surface area contributed by atoms with E-state index in [1.165, 1.54) is 17.7 Å². The first-order valence-corrected chi connectivity index (χ1v) is 11.8. The molecule has 0 saturated carbocycles. The third kappa shape index (κ3) is 4.27. The van der Waals surface area contributed by atoms with Crippen molar-refractivity contribution in [2.75, 3.05) is 13.7 Å². The molecule has 0 aliphatic carbocycles. The molecule has 3 heterocycles. The molecule has 36 heavy (non-hydrogen) atoms. The number of carboxylic acids is 1. The molecule has 8 nitrogen and oxygen atoms in total. The Morgan fingerprint density at radius 1 is 1.25 bits per heavy atom. The van der Waals surface area contributed by atoms with Crippen LogP contribution < -0.4 is 9.47 Å². The molecule has 0 atom stereocenters. The number of aryl methyl sites for hydroxylation is 2. The highest BCUT2D eigenvalue weighted by atomic mass is 19.1. The number of halogens is 1. The summed E-state index contributed by atoms with van der Waals surface area (Å²) in [6.07, 6.45) is 1.23. The summed E-state index contributed by atoms with van der Waals surface area (Å²) < 4.78 is 34.5. The van der Waals surface area contributed by atoms with Gasteiger partial charge in [0.1, 0.15) is 16.9 Å². The number of hydrogen-bond acceptors (Lipinski definition) is 6. The van der Waals surface area contributed by atoms with E-state index in [0.29, 0.717) is 46.4 Å². The Labute approximate surface area is 209 Å². The summed E-state index contributed by atoms with van der Waals surface area (Å²) in [7, 11) is 2.91. The van der Waals surface area contributed by atoms with Gasteiger partial charge in [-0.1, -0.05) is 0 Å². The molecule has 0 fully saturated rings. The van der Waals surface area contributed by atoms with Crippen molar-refractivity contribution in [1.29, 1.82) is 0 Å². The number of hydrogen-bond donors (Lipinski definition) is 1. The lowest BCUT2D eigenvalue weighted by Gasteiger charge is -2.30. The second kappa shape index (κ2) is 9.11. The highest BCUT2D eigenvalue weighted by Gasteiger charge is 2.33. The summed E-state index contributed by atoms with van der Waals surface area (Å²) in [4.78, 5) is 29.1. The maximum absolute atomic E-state index is 16.1. The lowest BCUT2D eigenvalue weighted by molar-refractivity contribution is -0.139. The van der Waals surface area contributed by atoms with Crippen LogP contribution in [0.4, 0.5) is 4.39 Å². The second-order valence-corrected chi connectivity index (χ2v) is 10.1. The molecule has 0 bridgehead atoms. The van der Waals surface area contributed by atoms with Crippen molar-refractivity contribution in [3.63, 3.8) is 0 Å².